The number of benzene rings is 2. The molecular weight excluding hydrogens is 730 g/mol. The number of imide groups is 1. The number of piperidine rings is 3. The van der Waals surface area contributed by atoms with Gasteiger partial charge in [0.05, 0.1) is 41.3 Å². The van der Waals surface area contributed by atoms with Gasteiger partial charge < -0.3 is 29.1 Å². The highest BCUT2D eigenvalue weighted by molar-refractivity contribution is 6.05. The second-order valence-corrected chi connectivity index (χ2v) is 17.0. The number of rotatable bonds is 10. The van der Waals surface area contributed by atoms with Crippen LogP contribution in [0, 0.1) is 11.7 Å². The molecule has 57 heavy (non-hydrogen) atoms. The van der Waals surface area contributed by atoms with E-state index in [9.17, 15) is 14.4 Å². The number of fused-ring (bicyclic) bond motifs is 2. The highest BCUT2D eigenvalue weighted by Crippen LogP contribution is 2.41. The molecule has 2 aromatic heterocycles. The number of likely N-dealkylation sites (tertiary alicyclic amines) is 1. The molecule has 2 N–H and O–H groups in total. The van der Waals surface area contributed by atoms with Crippen LogP contribution >= 0.6 is 0 Å². The molecule has 3 amide bonds. The van der Waals surface area contributed by atoms with Crippen molar-refractivity contribution in [2.45, 2.75) is 88.7 Å². The number of H-pyrrole nitrogens is 1. The molecule has 10 rings (SSSR count). The Bertz CT molecular complexity index is 2220. The minimum atomic E-state index is -0.757. The molecule has 6 aliphatic rings. The Balaban J connectivity index is 0.672. The van der Waals surface area contributed by atoms with Gasteiger partial charge >= 0.3 is 0 Å². The zero-order valence-electron chi connectivity index (χ0n) is 32.2. The van der Waals surface area contributed by atoms with E-state index < -0.39 is 11.9 Å². The highest BCUT2D eigenvalue weighted by Gasteiger charge is 2.42. The van der Waals surface area contributed by atoms with E-state index in [1.807, 2.05) is 24.3 Å². The van der Waals surface area contributed by atoms with Crippen LogP contribution in [0.2, 0.25) is 0 Å². The maximum absolute atomic E-state index is 15.9. The lowest BCUT2D eigenvalue weighted by Crippen LogP contribution is -2.54. The summed E-state index contributed by atoms with van der Waals surface area (Å²) in [5, 5.41) is 11.0. The van der Waals surface area contributed by atoms with Gasteiger partial charge in [0.2, 0.25) is 11.8 Å². The van der Waals surface area contributed by atoms with Crippen molar-refractivity contribution in [2.75, 3.05) is 55.6 Å². The van der Waals surface area contributed by atoms with Crippen molar-refractivity contribution >= 4 is 40.1 Å². The summed E-state index contributed by atoms with van der Waals surface area (Å²) in [5.41, 5.74) is 3.65. The van der Waals surface area contributed by atoms with E-state index in [-0.39, 0.29) is 54.8 Å². The number of hydrogen-bond acceptors (Lipinski definition) is 11. The standard InChI is InChI=1S/C42H48FN9O5/c1-42(12-13-42)57-27-2-4-32-30(18-27)39(48-47-32)33-19-36(45-24-44-33)51-21-28(22-51)56-26-10-14-49(15-11-26)20-25-8-16-50(17-9-25)34-5-3-29-31(38(34)43)23-52(41(29)55)35-6-7-37(53)46-40(35)54/h2-5,18-19,24-26,28,35H,6-17,20-23H2,1H3,(H,47,48)(H,46,53,54). The van der Waals surface area contributed by atoms with Crippen LogP contribution in [0.15, 0.2) is 42.7 Å². The van der Waals surface area contributed by atoms with Crippen LogP contribution in [0.3, 0.4) is 0 Å². The number of carbonyl (C=O) groups is 3. The van der Waals surface area contributed by atoms with Crippen LogP contribution in [0.5, 0.6) is 5.75 Å². The van der Waals surface area contributed by atoms with Crippen LogP contribution in [0.4, 0.5) is 15.9 Å². The molecule has 1 aliphatic carbocycles. The summed E-state index contributed by atoms with van der Waals surface area (Å²) >= 11 is 0. The SMILES string of the molecule is CC1(Oc2ccc3n[nH]c(-c4cc(N5CC(OC6CCN(CC7CCN(c8ccc9c(c8F)CN(C8CCC(=O)NC8=O)C9=O)CC7)CC6)C5)ncn4)c3c2)CC1. The van der Waals surface area contributed by atoms with Crippen LogP contribution in [0.1, 0.15) is 74.2 Å². The summed E-state index contributed by atoms with van der Waals surface area (Å²) in [6.07, 6.45) is 8.60. The number of carbonyl (C=O) groups excluding carboxylic acids is 3. The fraction of sp³-hybridized carbons (Fsp3) is 0.524. The average Bonchev–Trinajstić information content (AvgIpc) is 3.61. The minimum absolute atomic E-state index is 0.0413. The first-order valence-electron chi connectivity index (χ1n) is 20.5. The summed E-state index contributed by atoms with van der Waals surface area (Å²) in [5.74, 6) is 0.711. The molecule has 15 heteroatoms. The van der Waals surface area contributed by atoms with Gasteiger partial charge in [0, 0.05) is 74.8 Å². The monoisotopic (exact) mass is 777 g/mol. The first-order valence-corrected chi connectivity index (χ1v) is 20.5. The van der Waals surface area contributed by atoms with Gasteiger partial charge in [-0.3, -0.25) is 24.8 Å². The minimum Gasteiger partial charge on any atom is -0.488 e. The first-order chi connectivity index (χ1) is 27.7. The lowest BCUT2D eigenvalue weighted by molar-refractivity contribution is -0.136. The van der Waals surface area contributed by atoms with E-state index in [1.165, 1.54) is 4.90 Å². The van der Waals surface area contributed by atoms with Gasteiger partial charge in [0.15, 0.2) is 5.82 Å². The maximum atomic E-state index is 15.9. The van der Waals surface area contributed by atoms with Crippen LogP contribution in [-0.4, -0.2) is 117 Å². The molecule has 5 aliphatic heterocycles. The fourth-order valence-corrected chi connectivity index (χ4v) is 9.24. The summed E-state index contributed by atoms with van der Waals surface area (Å²) < 4.78 is 28.7. The first kappa shape index (κ1) is 36.2. The van der Waals surface area contributed by atoms with Crippen LogP contribution < -0.4 is 19.9 Å². The molecule has 0 bridgehead atoms. The normalized spacial score (nSPS) is 23.2. The van der Waals surface area contributed by atoms with Gasteiger partial charge in [-0.15, -0.1) is 0 Å². The van der Waals surface area contributed by atoms with Gasteiger partial charge in [0.25, 0.3) is 5.91 Å². The summed E-state index contributed by atoms with van der Waals surface area (Å²) in [4.78, 5) is 54.6. The zero-order valence-corrected chi connectivity index (χ0v) is 32.2. The number of aromatic nitrogens is 4. The van der Waals surface area contributed by atoms with Crippen LogP contribution in [0.25, 0.3) is 22.3 Å². The molecule has 2 aromatic carbocycles. The van der Waals surface area contributed by atoms with Gasteiger partial charge in [-0.2, -0.15) is 5.10 Å². The Morgan fingerprint density at radius 3 is 2.49 bits per heavy atom. The number of nitrogens with zero attached hydrogens (tertiary/aromatic N) is 7. The van der Waals surface area contributed by atoms with E-state index >= 15 is 4.39 Å². The predicted octanol–water partition coefficient (Wildman–Crippen LogP) is 4.44. The van der Waals surface area contributed by atoms with E-state index in [0.29, 0.717) is 22.7 Å². The number of amides is 3. The second kappa shape index (κ2) is 14.3. The smallest absolute Gasteiger partial charge is 0.255 e. The van der Waals surface area contributed by atoms with Gasteiger partial charge in [0.1, 0.15) is 29.5 Å². The molecule has 0 spiro atoms. The Morgan fingerprint density at radius 2 is 1.72 bits per heavy atom. The number of aromatic amines is 1. The van der Waals surface area contributed by atoms with Crippen LogP contribution in [-0.2, 0) is 20.9 Å². The molecule has 298 valence electrons. The number of halogens is 1. The van der Waals surface area contributed by atoms with Crippen molar-refractivity contribution < 1.29 is 28.2 Å². The molecule has 1 saturated carbocycles. The quantitative estimate of drug-likeness (QED) is 0.220. The topological polar surface area (TPSA) is 149 Å². The molecule has 0 radical (unpaired) electrons. The van der Waals surface area contributed by atoms with Gasteiger partial charge in [-0.05, 0) is 88.1 Å². The number of ether oxygens (including phenoxy) is 2. The van der Waals surface area contributed by atoms with Gasteiger partial charge in [-0.1, -0.05) is 0 Å². The molecule has 7 heterocycles. The maximum Gasteiger partial charge on any atom is 0.255 e. The molecule has 4 aromatic rings. The van der Waals surface area contributed by atoms with E-state index in [2.05, 4.69) is 47.1 Å². The van der Waals surface area contributed by atoms with E-state index in [4.69, 9.17) is 9.47 Å². The fourth-order valence-electron chi connectivity index (χ4n) is 9.24. The second-order valence-electron chi connectivity index (χ2n) is 17.0. The van der Waals surface area contributed by atoms with Crippen molar-refractivity contribution in [2.24, 2.45) is 5.92 Å². The van der Waals surface area contributed by atoms with Gasteiger partial charge in [-0.25, -0.2) is 14.4 Å². The summed E-state index contributed by atoms with van der Waals surface area (Å²) in [7, 11) is 0. The molecule has 1 atom stereocenters. The third kappa shape index (κ3) is 7.09. The largest absolute Gasteiger partial charge is 0.488 e. The lowest BCUT2D eigenvalue weighted by Gasteiger charge is -2.43. The number of anilines is 2. The van der Waals surface area contributed by atoms with Crippen molar-refractivity contribution in [1.82, 2.24) is 35.3 Å². The van der Waals surface area contributed by atoms with E-state index in [1.54, 1.807) is 18.5 Å². The molecule has 4 saturated heterocycles. The Labute approximate surface area is 330 Å². The summed E-state index contributed by atoms with van der Waals surface area (Å²) in [6, 6.07) is 10.7. The Morgan fingerprint density at radius 1 is 0.912 bits per heavy atom. The van der Waals surface area contributed by atoms with Crippen molar-refractivity contribution in [3.63, 3.8) is 0 Å². The van der Waals surface area contributed by atoms with Crippen molar-refractivity contribution in [3.05, 3.63) is 59.7 Å². The lowest BCUT2D eigenvalue weighted by atomic mass is 9.94. The zero-order chi connectivity index (χ0) is 38.8. The average molecular weight is 778 g/mol. The molecule has 5 fully saturated rings. The third-order valence-corrected chi connectivity index (χ3v) is 12.9. The highest BCUT2D eigenvalue weighted by atomic mass is 19.1. The molecule has 1 unspecified atom stereocenters. The summed E-state index contributed by atoms with van der Waals surface area (Å²) in [6.45, 7) is 8.35. The molecular formula is C42H48FN9O5. The van der Waals surface area contributed by atoms with Crippen molar-refractivity contribution in [1.29, 1.82) is 0 Å². The predicted molar refractivity (Wildman–Crippen MR) is 209 cm³/mol. The van der Waals surface area contributed by atoms with Crippen molar-refractivity contribution in [3.8, 4) is 17.1 Å². The third-order valence-electron chi connectivity index (χ3n) is 12.9. The number of nitrogens with one attached hydrogen (secondary N) is 2. The molecule has 14 nitrogen and oxygen atoms in total. The Hall–Kier alpha value is -5.15. The van der Waals surface area contributed by atoms with E-state index in [0.717, 1.165) is 118 Å². The number of hydrogen-bond donors (Lipinski definition) is 2. The Kier molecular flexibility index (Phi) is 9.11.